The average Bonchev–Trinajstić information content (AvgIpc) is 3.33. The molecule has 1 saturated heterocycles. The third-order valence-electron chi connectivity index (χ3n) is 4.31. The summed E-state index contributed by atoms with van der Waals surface area (Å²) in [5.74, 6) is -2.66. The summed E-state index contributed by atoms with van der Waals surface area (Å²) in [5, 5.41) is -0.368. The minimum atomic E-state index is -0.773. The molecular weight excluding hydrogens is 471 g/mol. The molecule has 1 fully saturated rings. The van der Waals surface area contributed by atoms with Gasteiger partial charge < -0.3 is 4.42 Å². The highest BCUT2D eigenvalue weighted by atomic mass is 32.2. The van der Waals surface area contributed by atoms with Gasteiger partial charge in [0.25, 0.3) is 22.3 Å². The van der Waals surface area contributed by atoms with E-state index >= 15 is 0 Å². The lowest BCUT2D eigenvalue weighted by atomic mass is 10.2. The van der Waals surface area contributed by atoms with Crippen LogP contribution in [0.1, 0.15) is 5.56 Å². The lowest BCUT2D eigenvalue weighted by Gasteiger charge is -2.12. The van der Waals surface area contributed by atoms with Gasteiger partial charge in [-0.1, -0.05) is 42.1 Å². The summed E-state index contributed by atoms with van der Waals surface area (Å²) in [6, 6.07) is 12.9. The standard InChI is InChI=1S/C21H15FN4O5S2/c22-13-6-2-1-5-12(13)9-16-19(29)26(21(30)33-16)10-17(27)24-25-18(28)11-32-20-23-14-7-3-4-8-15(14)31-20/h1-9H,10-11H2,(H,24,27)(H,25,28). The highest BCUT2D eigenvalue weighted by Crippen LogP contribution is 2.32. The number of thioether (sulfide) groups is 2. The number of nitrogens with one attached hydrogen (secondary N) is 2. The lowest BCUT2D eigenvalue weighted by Crippen LogP contribution is -2.47. The number of imide groups is 1. The van der Waals surface area contributed by atoms with Crippen molar-refractivity contribution in [3.05, 3.63) is 64.8 Å². The van der Waals surface area contributed by atoms with Gasteiger partial charge in [0, 0.05) is 5.56 Å². The fourth-order valence-electron chi connectivity index (χ4n) is 2.77. The maximum absolute atomic E-state index is 13.8. The van der Waals surface area contributed by atoms with E-state index in [4.69, 9.17) is 4.42 Å². The average molecular weight is 487 g/mol. The molecule has 1 aliphatic rings. The van der Waals surface area contributed by atoms with Crippen molar-refractivity contribution in [1.82, 2.24) is 20.7 Å². The normalized spacial score (nSPS) is 14.8. The number of nitrogens with zero attached hydrogens (tertiary/aromatic N) is 2. The van der Waals surface area contributed by atoms with Gasteiger partial charge in [-0.15, -0.1) is 0 Å². The maximum atomic E-state index is 13.8. The Morgan fingerprint density at radius 1 is 1.09 bits per heavy atom. The Morgan fingerprint density at radius 2 is 1.82 bits per heavy atom. The number of hydrogen-bond acceptors (Lipinski definition) is 8. The van der Waals surface area contributed by atoms with Crippen LogP contribution in [0.2, 0.25) is 0 Å². The van der Waals surface area contributed by atoms with Crippen LogP contribution in [0.15, 0.2) is 63.1 Å². The largest absolute Gasteiger partial charge is 0.431 e. The van der Waals surface area contributed by atoms with Crippen LogP contribution in [-0.4, -0.2) is 45.1 Å². The second kappa shape index (κ2) is 9.88. The van der Waals surface area contributed by atoms with Gasteiger partial charge in [-0.25, -0.2) is 9.37 Å². The number of rotatable bonds is 6. The molecule has 0 bridgehead atoms. The number of carbonyl (C=O) groups excluding carboxylic acids is 4. The molecule has 33 heavy (non-hydrogen) atoms. The smallest absolute Gasteiger partial charge is 0.294 e. The van der Waals surface area contributed by atoms with Gasteiger partial charge in [-0.2, -0.15) is 0 Å². The van der Waals surface area contributed by atoms with E-state index in [2.05, 4.69) is 15.8 Å². The summed E-state index contributed by atoms with van der Waals surface area (Å²) in [6.45, 7) is -0.599. The first kappa shape index (κ1) is 22.6. The monoisotopic (exact) mass is 486 g/mol. The minimum Gasteiger partial charge on any atom is -0.431 e. The van der Waals surface area contributed by atoms with Gasteiger partial charge in [0.2, 0.25) is 5.91 Å². The molecule has 1 aromatic heterocycles. The molecule has 0 atom stereocenters. The van der Waals surface area contributed by atoms with Crippen LogP contribution in [0.25, 0.3) is 17.2 Å². The third kappa shape index (κ3) is 5.41. The minimum absolute atomic E-state index is 0.00308. The van der Waals surface area contributed by atoms with Crippen LogP contribution in [0.5, 0.6) is 0 Å². The molecule has 0 saturated carbocycles. The zero-order chi connectivity index (χ0) is 23.4. The highest BCUT2D eigenvalue weighted by molar-refractivity contribution is 8.18. The van der Waals surface area contributed by atoms with Crippen LogP contribution in [0.3, 0.4) is 0 Å². The van der Waals surface area contributed by atoms with Gasteiger partial charge in [-0.05, 0) is 36.0 Å². The van der Waals surface area contributed by atoms with Crippen molar-refractivity contribution < 1.29 is 28.0 Å². The molecule has 2 N–H and O–H groups in total. The maximum Gasteiger partial charge on any atom is 0.294 e. The fourth-order valence-corrected chi connectivity index (χ4v) is 4.24. The molecule has 0 radical (unpaired) electrons. The van der Waals surface area contributed by atoms with Gasteiger partial charge in [0.15, 0.2) is 5.58 Å². The first-order valence-electron chi connectivity index (χ1n) is 9.46. The van der Waals surface area contributed by atoms with Crippen LogP contribution >= 0.6 is 23.5 Å². The van der Waals surface area contributed by atoms with Crippen molar-refractivity contribution >= 4 is 63.7 Å². The molecule has 4 amide bonds. The molecule has 168 valence electrons. The van der Waals surface area contributed by atoms with Crippen molar-refractivity contribution in [3.63, 3.8) is 0 Å². The van der Waals surface area contributed by atoms with E-state index in [9.17, 15) is 23.6 Å². The van der Waals surface area contributed by atoms with Crippen molar-refractivity contribution in [3.8, 4) is 0 Å². The Morgan fingerprint density at radius 3 is 2.61 bits per heavy atom. The second-order valence-corrected chi connectivity index (χ2v) is 8.54. The summed E-state index contributed by atoms with van der Waals surface area (Å²) >= 11 is 1.64. The van der Waals surface area contributed by atoms with Crippen molar-refractivity contribution in [2.45, 2.75) is 5.22 Å². The molecule has 3 aromatic rings. The van der Waals surface area contributed by atoms with E-state index in [1.807, 2.05) is 6.07 Å². The second-order valence-electron chi connectivity index (χ2n) is 6.62. The zero-order valence-corrected chi connectivity index (χ0v) is 18.4. The first-order chi connectivity index (χ1) is 15.9. The topological polar surface area (TPSA) is 122 Å². The molecule has 12 heteroatoms. The van der Waals surface area contributed by atoms with Gasteiger partial charge >= 0.3 is 0 Å². The zero-order valence-electron chi connectivity index (χ0n) is 16.7. The van der Waals surface area contributed by atoms with E-state index in [0.717, 1.165) is 11.8 Å². The molecule has 2 aromatic carbocycles. The number of para-hydroxylation sites is 2. The number of amides is 4. The lowest BCUT2D eigenvalue weighted by molar-refractivity contribution is -0.131. The predicted molar refractivity (Wildman–Crippen MR) is 120 cm³/mol. The van der Waals surface area contributed by atoms with Gasteiger partial charge in [-0.3, -0.25) is 34.9 Å². The van der Waals surface area contributed by atoms with E-state index in [1.54, 1.807) is 24.3 Å². The Balaban J connectivity index is 1.26. The van der Waals surface area contributed by atoms with Gasteiger partial charge in [0.1, 0.15) is 17.9 Å². The van der Waals surface area contributed by atoms with Crippen LogP contribution in [0.4, 0.5) is 9.18 Å². The number of oxazole rings is 1. The molecule has 4 rings (SSSR count). The number of hydrogen-bond donors (Lipinski definition) is 2. The van der Waals surface area contributed by atoms with Crippen LogP contribution < -0.4 is 10.9 Å². The number of benzene rings is 2. The van der Waals surface area contributed by atoms with Crippen molar-refractivity contribution in [2.75, 3.05) is 12.3 Å². The van der Waals surface area contributed by atoms with Gasteiger partial charge in [0.05, 0.1) is 10.7 Å². The number of halogens is 1. The van der Waals surface area contributed by atoms with E-state index in [0.29, 0.717) is 33.0 Å². The fraction of sp³-hybridized carbons (Fsp3) is 0.0952. The summed E-state index contributed by atoms with van der Waals surface area (Å²) in [7, 11) is 0. The Kier molecular flexibility index (Phi) is 6.75. The van der Waals surface area contributed by atoms with E-state index in [1.165, 1.54) is 24.3 Å². The molecule has 1 aliphatic heterocycles. The quantitative estimate of drug-likeness (QED) is 0.310. The summed E-state index contributed by atoms with van der Waals surface area (Å²) < 4.78 is 19.3. The predicted octanol–water partition coefficient (Wildman–Crippen LogP) is 2.94. The number of aromatic nitrogens is 1. The number of hydrazine groups is 1. The molecule has 0 unspecified atom stereocenters. The molecular formula is C21H15FN4O5S2. The van der Waals surface area contributed by atoms with Crippen molar-refractivity contribution in [1.29, 1.82) is 0 Å². The summed E-state index contributed by atoms with van der Waals surface area (Å²) in [5.41, 5.74) is 5.75. The first-order valence-corrected chi connectivity index (χ1v) is 11.3. The molecule has 2 heterocycles. The Labute approximate surface area is 194 Å². The molecule has 9 nitrogen and oxygen atoms in total. The van der Waals surface area contributed by atoms with E-state index in [-0.39, 0.29) is 16.2 Å². The van der Waals surface area contributed by atoms with Crippen molar-refractivity contribution in [2.24, 2.45) is 0 Å². The van der Waals surface area contributed by atoms with E-state index < -0.39 is 35.3 Å². The summed E-state index contributed by atoms with van der Waals surface area (Å²) in [4.78, 5) is 53.6. The summed E-state index contributed by atoms with van der Waals surface area (Å²) in [6.07, 6.45) is 1.25. The SMILES string of the molecule is O=C(CSc1nc2ccccc2o1)NNC(=O)CN1C(=O)SC(=Cc2ccccc2F)C1=O. The number of carbonyl (C=O) groups is 4. The Bertz CT molecular complexity index is 1260. The molecule has 0 aliphatic carbocycles. The van der Waals surface area contributed by atoms with Crippen LogP contribution in [0, 0.1) is 5.82 Å². The van der Waals surface area contributed by atoms with Crippen LogP contribution in [-0.2, 0) is 14.4 Å². The Hall–Kier alpha value is -3.64. The highest BCUT2D eigenvalue weighted by Gasteiger charge is 2.36. The molecule has 0 spiro atoms. The number of fused-ring (bicyclic) bond motifs is 1. The third-order valence-corrected chi connectivity index (χ3v) is 6.04.